The van der Waals surface area contributed by atoms with Crippen molar-refractivity contribution in [2.45, 2.75) is 25.4 Å². The average Bonchev–Trinajstić information content (AvgIpc) is 2.97. The molecule has 1 aromatic rings. The number of ether oxygens (including phenoxy) is 1. The van der Waals surface area contributed by atoms with Crippen LogP contribution >= 0.6 is 11.3 Å². The first-order chi connectivity index (χ1) is 9.55. The van der Waals surface area contributed by atoms with E-state index in [2.05, 4.69) is 5.32 Å². The minimum absolute atomic E-state index is 0.0804. The van der Waals surface area contributed by atoms with Crippen LogP contribution in [0.25, 0.3) is 0 Å². The predicted molar refractivity (Wildman–Crippen MR) is 77.6 cm³/mol. The van der Waals surface area contributed by atoms with Crippen molar-refractivity contribution in [2.75, 3.05) is 26.7 Å². The van der Waals surface area contributed by atoms with Crippen molar-refractivity contribution in [3.05, 3.63) is 22.4 Å². The maximum Gasteiger partial charge on any atom is 0.253 e. The Kier molecular flexibility index (Phi) is 4.77. The minimum Gasteiger partial charge on any atom is -0.362 e. The molecule has 2 rings (SSSR count). The maximum absolute atomic E-state index is 12.2. The highest BCUT2D eigenvalue weighted by molar-refractivity contribution is 7.09. The normalized spacial score (nSPS) is 22.6. The van der Waals surface area contributed by atoms with Gasteiger partial charge >= 0.3 is 0 Å². The lowest BCUT2D eigenvalue weighted by Crippen LogP contribution is -2.58. The predicted octanol–water partition coefficient (Wildman–Crippen LogP) is 1.04. The fraction of sp³-hybridized carbons (Fsp3) is 0.571. The first-order valence-electron chi connectivity index (χ1n) is 6.71. The molecule has 1 atom stereocenters. The van der Waals surface area contributed by atoms with Crippen LogP contribution in [-0.2, 0) is 20.7 Å². The summed E-state index contributed by atoms with van der Waals surface area (Å²) in [4.78, 5) is 27.0. The molecule has 0 saturated carbocycles. The van der Waals surface area contributed by atoms with Crippen molar-refractivity contribution in [1.82, 2.24) is 10.2 Å². The summed E-state index contributed by atoms with van der Waals surface area (Å²) in [6, 6.07) is 4.02. The summed E-state index contributed by atoms with van der Waals surface area (Å²) >= 11 is 1.66. The molecular weight excluding hydrogens is 276 g/mol. The number of aryl methyl sites for hydroxylation is 1. The molecule has 1 fully saturated rings. The van der Waals surface area contributed by atoms with E-state index in [1.165, 1.54) is 4.88 Å². The number of hydrogen-bond acceptors (Lipinski definition) is 4. The SMILES string of the molecule is CNC(=O)[C@]1(C)CN(C(=O)CCc2cccs2)CCO1. The van der Waals surface area contributed by atoms with Gasteiger partial charge in [0.25, 0.3) is 5.91 Å². The van der Waals surface area contributed by atoms with Crippen LogP contribution in [0.15, 0.2) is 17.5 Å². The quantitative estimate of drug-likeness (QED) is 0.903. The van der Waals surface area contributed by atoms with E-state index in [1.807, 2.05) is 17.5 Å². The summed E-state index contributed by atoms with van der Waals surface area (Å²) < 4.78 is 5.55. The van der Waals surface area contributed by atoms with Crippen LogP contribution in [-0.4, -0.2) is 49.1 Å². The molecule has 5 nitrogen and oxygen atoms in total. The van der Waals surface area contributed by atoms with Gasteiger partial charge < -0.3 is 15.0 Å². The van der Waals surface area contributed by atoms with E-state index in [0.717, 1.165) is 6.42 Å². The third kappa shape index (κ3) is 3.37. The Hall–Kier alpha value is -1.40. The molecule has 6 heteroatoms. The summed E-state index contributed by atoms with van der Waals surface area (Å²) in [5, 5.41) is 4.60. The smallest absolute Gasteiger partial charge is 0.253 e. The van der Waals surface area contributed by atoms with Gasteiger partial charge in [-0.2, -0.15) is 0 Å². The Morgan fingerprint density at radius 2 is 2.35 bits per heavy atom. The molecule has 0 bridgehead atoms. The van der Waals surface area contributed by atoms with Crippen molar-refractivity contribution < 1.29 is 14.3 Å². The zero-order valence-corrected chi connectivity index (χ0v) is 12.7. The van der Waals surface area contributed by atoms with Crippen molar-refractivity contribution in [1.29, 1.82) is 0 Å². The van der Waals surface area contributed by atoms with Gasteiger partial charge in [-0.3, -0.25) is 9.59 Å². The standard InChI is InChI=1S/C14H20N2O3S/c1-14(13(18)15-2)10-16(7-8-19-14)12(17)6-5-11-4-3-9-20-11/h3-4,9H,5-8,10H2,1-2H3,(H,15,18)/t14-/m0/s1. The van der Waals surface area contributed by atoms with Crippen molar-refractivity contribution in [3.8, 4) is 0 Å². The van der Waals surface area contributed by atoms with Crippen LogP contribution in [0, 0.1) is 0 Å². The highest BCUT2D eigenvalue weighted by atomic mass is 32.1. The highest BCUT2D eigenvalue weighted by Crippen LogP contribution is 2.19. The second-order valence-corrected chi connectivity index (χ2v) is 6.09. The molecule has 1 N–H and O–H groups in total. The Morgan fingerprint density at radius 3 is 3.00 bits per heavy atom. The lowest BCUT2D eigenvalue weighted by molar-refractivity contribution is -0.162. The molecule has 1 aromatic heterocycles. The lowest BCUT2D eigenvalue weighted by Gasteiger charge is -2.39. The van der Waals surface area contributed by atoms with Gasteiger partial charge in [0, 0.05) is 24.9 Å². The number of likely N-dealkylation sites (N-methyl/N-ethyl adjacent to an activating group) is 1. The number of nitrogens with one attached hydrogen (secondary N) is 1. The average molecular weight is 296 g/mol. The maximum atomic E-state index is 12.2. The van der Waals surface area contributed by atoms with E-state index in [0.29, 0.717) is 26.1 Å². The topological polar surface area (TPSA) is 58.6 Å². The van der Waals surface area contributed by atoms with Gasteiger partial charge in [-0.05, 0) is 24.8 Å². The Balaban J connectivity index is 1.91. The monoisotopic (exact) mass is 296 g/mol. The third-order valence-corrected chi connectivity index (χ3v) is 4.44. The van der Waals surface area contributed by atoms with E-state index in [-0.39, 0.29) is 11.8 Å². The number of amides is 2. The van der Waals surface area contributed by atoms with Gasteiger partial charge in [-0.1, -0.05) is 6.07 Å². The molecule has 20 heavy (non-hydrogen) atoms. The summed E-state index contributed by atoms with van der Waals surface area (Å²) in [5.74, 6) is -0.106. The fourth-order valence-corrected chi connectivity index (χ4v) is 3.04. The third-order valence-electron chi connectivity index (χ3n) is 3.50. The van der Waals surface area contributed by atoms with Crippen LogP contribution in [0.1, 0.15) is 18.2 Å². The summed E-state index contributed by atoms with van der Waals surface area (Å²) in [5.41, 5.74) is -0.939. The van der Waals surface area contributed by atoms with Gasteiger partial charge in [-0.25, -0.2) is 0 Å². The lowest BCUT2D eigenvalue weighted by atomic mass is 10.0. The first kappa shape index (κ1) is 15.0. The number of hydrogen-bond donors (Lipinski definition) is 1. The summed E-state index contributed by atoms with van der Waals surface area (Å²) in [6.07, 6.45) is 1.23. The molecule has 0 spiro atoms. The van der Waals surface area contributed by atoms with Gasteiger partial charge in [0.15, 0.2) is 5.60 Å². The molecule has 2 amide bonds. The zero-order valence-electron chi connectivity index (χ0n) is 11.8. The van der Waals surface area contributed by atoms with Crippen molar-refractivity contribution >= 4 is 23.2 Å². The van der Waals surface area contributed by atoms with E-state index in [4.69, 9.17) is 4.74 Å². The van der Waals surface area contributed by atoms with Gasteiger partial charge in [-0.15, -0.1) is 11.3 Å². The van der Waals surface area contributed by atoms with E-state index in [9.17, 15) is 9.59 Å². The molecule has 0 aromatic carbocycles. The van der Waals surface area contributed by atoms with Crippen LogP contribution in [0.3, 0.4) is 0 Å². The van der Waals surface area contributed by atoms with E-state index < -0.39 is 5.60 Å². The molecule has 1 saturated heterocycles. The molecule has 0 aliphatic carbocycles. The molecule has 0 radical (unpaired) electrons. The minimum atomic E-state index is -0.939. The molecule has 0 unspecified atom stereocenters. The molecule has 110 valence electrons. The summed E-state index contributed by atoms with van der Waals surface area (Å²) in [7, 11) is 1.58. The van der Waals surface area contributed by atoms with Crippen molar-refractivity contribution in [3.63, 3.8) is 0 Å². The van der Waals surface area contributed by atoms with Gasteiger partial charge in [0.1, 0.15) is 0 Å². The second kappa shape index (κ2) is 6.37. The Morgan fingerprint density at radius 1 is 1.55 bits per heavy atom. The van der Waals surface area contributed by atoms with Crippen molar-refractivity contribution in [2.24, 2.45) is 0 Å². The number of nitrogens with zero attached hydrogens (tertiary/aromatic N) is 1. The van der Waals surface area contributed by atoms with E-state index in [1.54, 1.807) is 30.2 Å². The van der Waals surface area contributed by atoms with Crippen LogP contribution < -0.4 is 5.32 Å². The molecular formula is C14H20N2O3S. The Labute approximate surface area is 122 Å². The van der Waals surface area contributed by atoms with Crippen LogP contribution in [0.4, 0.5) is 0 Å². The Bertz CT molecular complexity index is 475. The molecule has 2 heterocycles. The van der Waals surface area contributed by atoms with Crippen LogP contribution in [0.2, 0.25) is 0 Å². The molecule has 1 aliphatic rings. The van der Waals surface area contributed by atoms with E-state index >= 15 is 0 Å². The summed E-state index contributed by atoms with van der Waals surface area (Å²) in [6.45, 7) is 2.99. The number of thiophene rings is 1. The first-order valence-corrected chi connectivity index (χ1v) is 7.59. The van der Waals surface area contributed by atoms with Gasteiger partial charge in [0.2, 0.25) is 5.91 Å². The molecule has 1 aliphatic heterocycles. The zero-order chi connectivity index (χ0) is 14.6. The number of rotatable bonds is 4. The van der Waals surface area contributed by atoms with Crippen LogP contribution in [0.5, 0.6) is 0 Å². The number of carbonyl (C=O) groups is 2. The highest BCUT2D eigenvalue weighted by Gasteiger charge is 2.39. The number of morpholine rings is 1. The largest absolute Gasteiger partial charge is 0.362 e. The fourth-order valence-electron chi connectivity index (χ4n) is 2.33. The van der Waals surface area contributed by atoms with Gasteiger partial charge in [0.05, 0.1) is 13.2 Å². The number of carbonyl (C=O) groups excluding carboxylic acids is 2. The second-order valence-electron chi connectivity index (χ2n) is 5.05.